The summed E-state index contributed by atoms with van der Waals surface area (Å²) in [5, 5.41) is 19.0. The summed E-state index contributed by atoms with van der Waals surface area (Å²) in [4.78, 5) is 17.3. The summed E-state index contributed by atoms with van der Waals surface area (Å²) in [6, 6.07) is 13.1. The highest BCUT2D eigenvalue weighted by Crippen LogP contribution is 2.45. The van der Waals surface area contributed by atoms with E-state index in [2.05, 4.69) is 21.5 Å². The Labute approximate surface area is 173 Å². The molecule has 30 heavy (non-hydrogen) atoms. The van der Waals surface area contributed by atoms with Gasteiger partial charge in [-0.3, -0.25) is 4.79 Å². The molecule has 0 bridgehead atoms. The van der Waals surface area contributed by atoms with Crippen molar-refractivity contribution >= 4 is 5.78 Å². The van der Waals surface area contributed by atoms with Gasteiger partial charge in [-0.1, -0.05) is 36.4 Å². The van der Waals surface area contributed by atoms with Gasteiger partial charge in [-0.05, 0) is 35.2 Å². The zero-order valence-electron chi connectivity index (χ0n) is 16.2. The van der Waals surface area contributed by atoms with Crippen molar-refractivity contribution in [2.75, 3.05) is 6.54 Å². The van der Waals surface area contributed by atoms with Gasteiger partial charge in [0.25, 0.3) is 0 Å². The average molecular weight is 404 g/mol. The van der Waals surface area contributed by atoms with Gasteiger partial charge in [0.2, 0.25) is 0 Å². The molecule has 2 aliphatic rings. The van der Waals surface area contributed by atoms with Gasteiger partial charge in [-0.15, -0.1) is 0 Å². The van der Waals surface area contributed by atoms with Crippen LogP contribution in [0.3, 0.4) is 0 Å². The highest BCUT2D eigenvalue weighted by Gasteiger charge is 2.42. The van der Waals surface area contributed by atoms with E-state index in [0.717, 1.165) is 24.1 Å². The maximum absolute atomic E-state index is 13.5. The van der Waals surface area contributed by atoms with Crippen LogP contribution in [0.5, 0.6) is 0 Å². The summed E-state index contributed by atoms with van der Waals surface area (Å²) in [6.07, 6.45) is 4.00. The summed E-state index contributed by atoms with van der Waals surface area (Å²) in [7, 11) is 0. The second kappa shape index (κ2) is 7.50. The first-order valence-corrected chi connectivity index (χ1v) is 10.0. The van der Waals surface area contributed by atoms with E-state index in [1.54, 1.807) is 16.8 Å². The fourth-order valence-electron chi connectivity index (χ4n) is 4.67. The van der Waals surface area contributed by atoms with E-state index in [1.165, 1.54) is 30.4 Å². The number of nitrogens with one attached hydrogen (secondary N) is 1. The van der Waals surface area contributed by atoms with Crippen molar-refractivity contribution < 1.29 is 14.3 Å². The molecule has 5 rings (SSSR count). The molecule has 6 nitrogen and oxygen atoms in total. The van der Waals surface area contributed by atoms with E-state index < -0.39 is 6.04 Å². The Bertz CT molecular complexity index is 1110. The molecule has 1 aromatic heterocycles. The van der Waals surface area contributed by atoms with Gasteiger partial charge in [0, 0.05) is 18.9 Å². The molecule has 0 amide bonds. The number of aliphatic hydroxyl groups is 1. The van der Waals surface area contributed by atoms with Crippen LogP contribution in [0.25, 0.3) is 0 Å². The number of aliphatic hydroxyl groups excluding tert-OH is 1. The van der Waals surface area contributed by atoms with Crippen LogP contribution in [0.15, 0.2) is 72.5 Å². The van der Waals surface area contributed by atoms with Crippen LogP contribution < -0.4 is 5.32 Å². The number of aromatic nitrogens is 3. The minimum Gasteiger partial charge on any atom is -0.510 e. The Morgan fingerprint density at radius 3 is 2.70 bits per heavy atom. The second-order valence-electron chi connectivity index (χ2n) is 7.74. The van der Waals surface area contributed by atoms with Crippen LogP contribution in [0.2, 0.25) is 0 Å². The summed E-state index contributed by atoms with van der Waals surface area (Å²) >= 11 is 0. The van der Waals surface area contributed by atoms with E-state index in [-0.39, 0.29) is 35.7 Å². The minimum absolute atomic E-state index is 0.0136. The van der Waals surface area contributed by atoms with Crippen molar-refractivity contribution in [2.24, 2.45) is 0 Å². The number of nitrogens with zero attached hydrogens (tertiary/aromatic N) is 3. The highest BCUT2D eigenvalue weighted by molar-refractivity contribution is 5.99. The zero-order chi connectivity index (χ0) is 20.7. The van der Waals surface area contributed by atoms with Crippen molar-refractivity contribution in [3.8, 4) is 0 Å². The van der Waals surface area contributed by atoms with Crippen molar-refractivity contribution in [1.29, 1.82) is 0 Å². The predicted molar refractivity (Wildman–Crippen MR) is 108 cm³/mol. The molecule has 0 spiro atoms. The molecule has 0 unspecified atom stereocenters. The van der Waals surface area contributed by atoms with Gasteiger partial charge >= 0.3 is 0 Å². The first kappa shape index (κ1) is 18.7. The lowest BCUT2D eigenvalue weighted by Crippen LogP contribution is -2.38. The molecule has 2 N–H and O–H groups in total. The minimum atomic E-state index is -0.596. The molecule has 3 atom stereocenters. The number of allylic oxidation sites excluding steroid dienone is 1. The van der Waals surface area contributed by atoms with E-state index in [1.807, 2.05) is 18.2 Å². The first-order chi connectivity index (χ1) is 14.6. The topological polar surface area (TPSA) is 80.0 Å². The predicted octanol–water partition coefficient (Wildman–Crippen LogP) is 3.41. The van der Waals surface area contributed by atoms with Crippen molar-refractivity contribution in [3.05, 3.63) is 95.0 Å². The van der Waals surface area contributed by atoms with Crippen LogP contribution in [0.4, 0.5) is 4.39 Å². The maximum Gasteiger partial charge on any atom is 0.164 e. The molecular formula is C23H21FN4O2. The molecular weight excluding hydrogens is 383 g/mol. The Hall–Kier alpha value is -3.32. The molecule has 0 saturated carbocycles. The number of benzene rings is 2. The van der Waals surface area contributed by atoms with E-state index >= 15 is 0 Å². The summed E-state index contributed by atoms with van der Waals surface area (Å²) < 4.78 is 15.0. The quantitative estimate of drug-likeness (QED) is 0.699. The van der Waals surface area contributed by atoms with E-state index in [0.29, 0.717) is 5.57 Å². The van der Waals surface area contributed by atoms with Crippen LogP contribution in [0.1, 0.15) is 41.1 Å². The number of Topliss-reactive ketones (excluding diaryl/α,β-unsaturated/α-hetero) is 1. The van der Waals surface area contributed by atoms with Crippen molar-refractivity contribution in [3.63, 3.8) is 0 Å². The van der Waals surface area contributed by atoms with Gasteiger partial charge < -0.3 is 10.4 Å². The molecule has 2 heterocycles. The van der Waals surface area contributed by atoms with Gasteiger partial charge in [0.05, 0.1) is 11.6 Å². The smallest absolute Gasteiger partial charge is 0.164 e. The lowest BCUT2D eigenvalue weighted by molar-refractivity contribution is -0.117. The highest BCUT2D eigenvalue weighted by atomic mass is 19.1. The fraction of sp³-hybridized carbons (Fsp3) is 0.261. The molecule has 0 fully saturated rings. The monoisotopic (exact) mass is 404 g/mol. The van der Waals surface area contributed by atoms with Crippen molar-refractivity contribution in [2.45, 2.75) is 30.8 Å². The molecule has 152 valence electrons. The molecule has 7 heteroatoms. The summed E-state index contributed by atoms with van der Waals surface area (Å²) in [5.41, 5.74) is 3.33. The number of halogens is 1. The lowest BCUT2D eigenvalue weighted by atomic mass is 9.75. The number of hydrogen-bond donors (Lipinski definition) is 2. The number of fused-ring (bicyclic) bond motifs is 1. The third kappa shape index (κ3) is 3.11. The van der Waals surface area contributed by atoms with Gasteiger partial charge in [-0.2, -0.15) is 5.10 Å². The number of hydrogen-bond acceptors (Lipinski definition) is 5. The van der Waals surface area contributed by atoms with Crippen molar-refractivity contribution in [1.82, 2.24) is 20.1 Å². The lowest BCUT2D eigenvalue weighted by Gasteiger charge is -2.36. The molecule has 1 aliphatic carbocycles. The Balaban J connectivity index is 1.64. The third-order valence-electron chi connectivity index (χ3n) is 6.06. The summed E-state index contributed by atoms with van der Waals surface area (Å²) in [5.74, 6) is -0.850. The zero-order valence-corrected chi connectivity index (χ0v) is 16.2. The first-order valence-electron chi connectivity index (χ1n) is 10.0. The Morgan fingerprint density at radius 1 is 1.13 bits per heavy atom. The molecule has 1 aliphatic heterocycles. The molecule has 0 saturated heterocycles. The third-order valence-corrected chi connectivity index (χ3v) is 6.06. The summed E-state index contributed by atoms with van der Waals surface area (Å²) in [6.45, 7) is 0.723. The van der Waals surface area contributed by atoms with Crippen LogP contribution >= 0.6 is 0 Å². The number of ketones is 1. The Kier molecular flexibility index (Phi) is 4.67. The molecule has 0 radical (unpaired) electrons. The second-order valence-corrected chi connectivity index (χ2v) is 7.74. The van der Waals surface area contributed by atoms with E-state index in [9.17, 15) is 14.3 Å². The van der Waals surface area contributed by atoms with Crippen LogP contribution in [-0.4, -0.2) is 32.2 Å². The number of rotatable bonds is 3. The van der Waals surface area contributed by atoms with Crippen LogP contribution in [-0.2, 0) is 11.2 Å². The average Bonchev–Trinajstić information content (AvgIpc) is 3.28. The maximum atomic E-state index is 13.5. The van der Waals surface area contributed by atoms with Gasteiger partial charge in [0.15, 0.2) is 5.78 Å². The standard InChI is InChI=1S/C23H21FN4O2/c24-16-7-5-15(6-8-16)18-11-19(29)20(23(30)22(18)28-13-25-12-27-28)21-17-4-2-1-3-14(17)9-10-26-21/h1-8,12-13,18,21-22,26,30H,9-11H2/t18-,21-,22+/m0/s1. The molecule has 2 aromatic carbocycles. The number of carbonyl (C=O) groups is 1. The SMILES string of the molecule is O=C1C[C@@H](c2ccc(F)cc2)[C@@H](n2cncn2)C(O)=C1[C@H]1NCCc2ccccc21. The van der Waals surface area contributed by atoms with E-state index in [4.69, 9.17) is 0 Å². The fourth-order valence-corrected chi connectivity index (χ4v) is 4.67. The molecule has 3 aromatic rings. The van der Waals surface area contributed by atoms with Crippen LogP contribution in [0, 0.1) is 5.82 Å². The number of carbonyl (C=O) groups excluding carboxylic acids is 1. The van der Waals surface area contributed by atoms with Gasteiger partial charge in [-0.25, -0.2) is 14.1 Å². The largest absolute Gasteiger partial charge is 0.510 e. The normalized spacial score (nSPS) is 24.0. The Morgan fingerprint density at radius 2 is 1.93 bits per heavy atom. The van der Waals surface area contributed by atoms with Gasteiger partial charge in [0.1, 0.15) is 30.3 Å².